The zero-order valence-electron chi connectivity index (χ0n) is 16.5. The summed E-state index contributed by atoms with van der Waals surface area (Å²) in [4.78, 5) is 24.8. The highest BCUT2D eigenvalue weighted by Gasteiger charge is 2.22. The van der Waals surface area contributed by atoms with E-state index in [-0.39, 0.29) is 23.5 Å². The summed E-state index contributed by atoms with van der Waals surface area (Å²) >= 11 is 1.68. The third-order valence-corrected chi connectivity index (χ3v) is 5.85. The molecule has 0 radical (unpaired) electrons. The molecule has 29 heavy (non-hydrogen) atoms. The molecule has 0 saturated carbocycles. The summed E-state index contributed by atoms with van der Waals surface area (Å²) in [5.74, 6) is 1.49. The number of thioether (sulfide) groups is 1. The highest BCUT2D eigenvalue weighted by atomic mass is 32.2. The van der Waals surface area contributed by atoms with E-state index in [2.05, 4.69) is 5.32 Å². The number of ketones is 1. The van der Waals surface area contributed by atoms with Crippen molar-refractivity contribution in [1.82, 2.24) is 5.32 Å². The fraction of sp³-hybridized carbons (Fsp3) is 0.364. The molecule has 0 aliphatic carbocycles. The third kappa shape index (κ3) is 5.50. The Labute approximate surface area is 174 Å². The van der Waals surface area contributed by atoms with E-state index in [0.29, 0.717) is 36.5 Å². The summed E-state index contributed by atoms with van der Waals surface area (Å²) in [6.07, 6.45) is 1.62. The van der Waals surface area contributed by atoms with Gasteiger partial charge in [-0.05, 0) is 61.7 Å². The smallest absolute Gasteiger partial charge is 0.220 e. The molecule has 1 N–H and O–H groups in total. The van der Waals surface area contributed by atoms with Crippen LogP contribution in [-0.4, -0.2) is 31.2 Å². The Balaban J connectivity index is 1.49. The van der Waals surface area contributed by atoms with E-state index in [1.54, 1.807) is 36.0 Å². The van der Waals surface area contributed by atoms with Gasteiger partial charge in [-0.3, -0.25) is 9.59 Å². The molecule has 1 amide bonds. The van der Waals surface area contributed by atoms with Gasteiger partial charge in [0.1, 0.15) is 5.82 Å². The first-order valence-corrected chi connectivity index (χ1v) is 10.5. The van der Waals surface area contributed by atoms with Crippen molar-refractivity contribution in [2.75, 3.05) is 19.5 Å². The van der Waals surface area contributed by atoms with Crippen molar-refractivity contribution in [2.45, 2.75) is 37.1 Å². The second-order valence-corrected chi connectivity index (χ2v) is 7.95. The van der Waals surface area contributed by atoms with E-state index < -0.39 is 0 Å². The second-order valence-electron chi connectivity index (χ2n) is 6.81. The summed E-state index contributed by atoms with van der Waals surface area (Å²) < 4.78 is 24.6. The summed E-state index contributed by atoms with van der Waals surface area (Å²) in [6.45, 7) is 1.83. The Bertz CT molecular complexity index is 902. The van der Waals surface area contributed by atoms with Crippen LogP contribution < -0.4 is 14.8 Å². The Kier molecular flexibility index (Phi) is 7.14. The average molecular weight is 418 g/mol. The molecule has 0 aromatic heterocycles. The van der Waals surface area contributed by atoms with Crippen LogP contribution in [0.25, 0.3) is 0 Å². The molecule has 0 saturated heterocycles. The van der Waals surface area contributed by atoms with Crippen molar-refractivity contribution < 1.29 is 23.5 Å². The molecule has 2 aromatic carbocycles. The van der Waals surface area contributed by atoms with E-state index in [1.807, 2.05) is 0 Å². The van der Waals surface area contributed by atoms with Crippen molar-refractivity contribution in [1.29, 1.82) is 0 Å². The van der Waals surface area contributed by atoms with Crippen LogP contribution in [-0.2, 0) is 4.79 Å². The predicted molar refractivity (Wildman–Crippen MR) is 110 cm³/mol. The van der Waals surface area contributed by atoms with Crippen LogP contribution in [0.3, 0.4) is 0 Å². The highest BCUT2D eigenvalue weighted by Crippen LogP contribution is 2.36. The summed E-state index contributed by atoms with van der Waals surface area (Å²) in [5, 5.41) is 3.01. The van der Waals surface area contributed by atoms with Crippen molar-refractivity contribution in [3.63, 3.8) is 0 Å². The molecular formula is C22H24FNO4S. The van der Waals surface area contributed by atoms with E-state index in [0.717, 1.165) is 22.6 Å². The van der Waals surface area contributed by atoms with Gasteiger partial charge in [0, 0.05) is 22.6 Å². The summed E-state index contributed by atoms with van der Waals surface area (Å²) in [7, 11) is 1.52. The number of carbonyl (C=O) groups excluding carboxylic acids is 2. The summed E-state index contributed by atoms with van der Waals surface area (Å²) in [5.41, 5.74) is 1.40. The Morgan fingerprint density at radius 3 is 2.79 bits per heavy atom. The Morgan fingerprint density at radius 2 is 2.03 bits per heavy atom. The van der Waals surface area contributed by atoms with Crippen molar-refractivity contribution in [3.8, 4) is 11.5 Å². The number of hydrogen-bond acceptors (Lipinski definition) is 5. The Morgan fingerprint density at radius 1 is 1.21 bits per heavy atom. The largest absolute Gasteiger partial charge is 0.493 e. The lowest BCUT2D eigenvalue weighted by Gasteiger charge is -2.26. The molecule has 1 aliphatic rings. The minimum Gasteiger partial charge on any atom is -0.493 e. The van der Waals surface area contributed by atoms with E-state index in [1.165, 1.54) is 26.2 Å². The van der Waals surface area contributed by atoms with Gasteiger partial charge in [-0.25, -0.2) is 4.39 Å². The third-order valence-electron chi connectivity index (χ3n) is 4.72. The molecule has 5 nitrogen and oxygen atoms in total. The topological polar surface area (TPSA) is 64.6 Å². The van der Waals surface area contributed by atoms with Crippen LogP contribution >= 0.6 is 11.8 Å². The SMILES string of the molecule is COc1cc(C(C)=O)ccc1OCCCC(=O)NC1CCSc2ccc(F)cc21. The van der Waals surface area contributed by atoms with Crippen LogP contribution in [0.2, 0.25) is 0 Å². The number of benzene rings is 2. The molecule has 7 heteroatoms. The summed E-state index contributed by atoms with van der Waals surface area (Å²) in [6, 6.07) is 9.59. The van der Waals surface area contributed by atoms with Gasteiger partial charge in [0.15, 0.2) is 17.3 Å². The molecule has 1 atom stereocenters. The maximum absolute atomic E-state index is 13.6. The fourth-order valence-corrected chi connectivity index (χ4v) is 4.31. The zero-order valence-corrected chi connectivity index (χ0v) is 17.3. The maximum atomic E-state index is 13.6. The highest BCUT2D eigenvalue weighted by molar-refractivity contribution is 7.99. The van der Waals surface area contributed by atoms with Crippen LogP contribution in [0.15, 0.2) is 41.3 Å². The van der Waals surface area contributed by atoms with Gasteiger partial charge in [-0.2, -0.15) is 0 Å². The number of rotatable bonds is 8. The van der Waals surface area contributed by atoms with Gasteiger partial charge in [-0.1, -0.05) is 0 Å². The number of methoxy groups -OCH3 is 1. The van der Waals surface area contributed by atoms with Gasteiger partial charge in [0.25, 0.3) is 0 Å². The second kappa shape index (κ2) is 9.78. The van der Waals surface area contributed by atoms with Gasteiger partial charge < -0.3 is 14.8 Å². The zero-order chi connectivity index (χ0) is 20.8. The van der Waals surface area contributed by atoms with Gasteiger partial charge >= 0.3 is 0 Å². The number of ether oxygens (including phenoxy) is 2. The van der Waals surface area contributed by atoms with Crippen molar-refractivity contribution in [3.05, 3.63) is 53.3 Å². The predicted octanol–water partition coefficient (Wildman–Crippen LogP) is 4.55. The van der Waals surface area contributed by atoms with Crippen LogP contribution in [0, 0.1) is 5.82 Å². The van der Waals surface area contributed by atoms with E-state index in [4.69, 9.17) is 9.47 Å². The van der Waals surface area contributed by atoms with Gasteiger partial charge in [-0.15, -0.1) is 11.8 Å². The molecule has 3 rings (SSSR count). The number of Topliss-reactive ketones (excluding diaryl/α,β-unsaturated/α-hetero) is 1. The van der Waals surface area contributed by atoms with E-state index >= 15 is 0 Å². The van der Waals surface area contributed by atoms with Gasteiger partial charge in [0.05, 0.1) is 19.8 Å². The molecular weight excluding hydrogens is 393 g/mol. The average Bonchev–Trinajstić information content (AvgIpc) is 2.71. The normalized spacial score (nSPS) is 15.3. The number of hydrogen-bond donors (Lipinski definition) is 1. The first-order chi connectivity index (χ1) is 14.0. The molecule has 0 fully saturated rings. The molecule has 1 aliphatic heterocycles. The maximum Gasteiger partial charge on any atom is 0.220 e. The molecule has 2 aromatic rings. The number of carbonyl (C=O) groups is 2. The molecule has 154 valence electrons. The van der Waals surface area contributed by atoms with Gasteiger partial charge in [0.2, 0.25) is 5.91 Å². The number of nitrogens with one attached hydrogen (secondary N) is 1. The first kappa shape index (κ1) is 21.2. The minimum absolute atomic E-state index is 0.0471. The minimum atomic E-state index is -0.288. The number of fused-ring (bicyclic) bond motifs is 1. The lowest BCUT2D eigenvalue weighted by molar-refractivity contribution is -0.122. The number of amides is 1. The lowest BCUT2D eigenvalue weighted by atomic mass is 10.0. The molecule has 0 spiro atoms. The van der Waals surface area contributed by atoms with Crippen molar-refractivity contribution in [2.24, 2.45) is 0 Å². The van der Waals surface area contributed by atoms with Crippen LogP contribution in [0.5, 0.6) is 11.5 Å². The molecule has 1 unspecified atom stereocenters. The van der Waals surface area contributed by atoms with Crippen LogP contribution in [0.4, 0.5) is 4.39 Å². The van der Waals surface area contributed by atoms with Crippen LogP contribution in [0.1, 0.15) is 48.1 Å². The van der Waals surface area contributed by atoms with Crippen molar-refractivity contribution >= 4 is 23.5 Å². The van der Waals surface area contributed by atoms with E-state index in [9.17, 15) is 14.0 Å². The molecule has 1 heterocycles. The number of halogens is 1. The monoisotopic (exact) mass is 417 g/mol. The standard InChI is InChI=1S/C22H24FNO4S/c1-14(25)15-5-7-19(20(12-15)27-2)28-10-3-4-22(26)24-18-9-11-29-21-8-6-16(23)13-17(18)21/h5-8,12-13,18H,3-4,9-11H2,1-2H3,(H,24,26). The lowest BCUT2D eigenvalue weighted by Crippen LogP contribution is -2.30. The fourth-order valence-electron chi connectivity index (χ4n) is 3.20. The molecule has 0 bridgehead atoms. The quantitative estimate of drug-likeness (QED) is 0.504. The first-order valence-electron chi connectivity index (χ1n) is 9.51. The Hall–Kier alpha value is -2.54.